The van der Waals surface area contributed by atoms with Gasteiger partial charge in [-0.15, -0.1) is 11.3 Å². The summed E-state index contributed by atoms with van der Waals surface area (Å²) in [6.07, 6.45) is 5.04. The van der Waals surface area contributed by atoms with Gasteiger partial charge < -0.3 is 10.4 Å². The van der Waals surface area contributed by atoms with Gasteiger partial charge in [-0.05, 0) is 47.0 Å². The van der Waals surface area contributed by atoms with E-state index in [9.17, 15) is 9.90 Å². The number of nitrogens with zero attached hydrogens (tertiary/aromatic N) is 1. The Morgan fingerprint density at radius 2 is 1.91 bits per heavy atom. The van der Waals surface area contributed by atoms with Gasteiger partial charge in [-0.1, -0.05) is 80.8 Å². The van der Waals surface area contributed by atoms with Crippen LogP contribution in [0.2, 0.25) is 0 Å². The second-order valence-corrected chi connectivity index (χ2v) is 10.5. The number of anilines is 1. The van der Waals surface area contributed by atoms with E-state index in [0.29, 0.717) is 6.42 Å². The highest BCUT2D eigenvalue weighted by Gasteiger charge is 2.20. The first-order chi connectivity index (χ1) is 15.6. The Morgan fingerprint density at radius 1 is 1.06 bits per heavy atom. The number of carboxylic acids is 1. The van der Waals surface area contributed by atoms with Crippen LogP contribution in [0.25, 0.3) is 21.0 Å². The molecular weight excluding hydrogens is 436 g/mol. The third-order valence-corrected chi connectivity index (χ3v) is 7.88. The fraction of sp³-hybridized carbons (Fsp3) is 0.308. The van der Waals surface area contributed by atoms with E-state index in [1.807, 2.05) is 12.1 Å². The molecule has 0 fully saturated rings. The maximum absolute atomic E-state index is 11.7. The number of nitrogens with one attached hydrogen (secondary N) is 1. The number of unbranched alkanes of at least 4 members (excludes halogenated alkanes) is 3. The van der Waals surface area contributed by atoms with E-state index in [-0.39, 0.29) is 0 Å². The predicted molar refractivity (Wildman–Crippen MR) is 137 cm³/mol. The van der Waals surface area contributed by atoms with Gasteiger partial charge in [0.2, 0.25) is 0 Å². The minimum Gasteiger partial charge on any atom is -0.480 e. The van der Waals surface area contributed by atoms with Gasteiger partial charge in [-0.3, -0.25) is 4.79 Å². The average molecular weight is 465 g/mol. The normalized spacial score (nSPS) is 12.3. The zero-order chi connectivity index (χ0) is 22.3. The summed E-state index contributed by atoms with van der Waals surface area (Å²) in [6.45, 7) is 2.91. The lowest BCUT2D eigenvalue weighted by molar-refractivity contribution is -0.136. The van der Waals surface area contributed by atoms with Crippen LogP contribution >= 0.6 is 23.1 Å². The molecule has 1 atom stereocenters. The summed E-state index contributed by atoms with van der Waals surface area (Å²) in [4.78, 5) is 16.3. The Labute approximate surface area is 197 Å². The molecular formula is C26H28N2O2S2. The molecule has 32 heavy (non-hydrogen) atoms. The predicted octanol–water partition coefficient (Wildman–Crippen LogP) is 7.58. The molecule has 0 spiro atoms. The van der Waals surface area contributed by atoms with Crippen LogP contribution < -0.4 is 5.32 Å². The fourth-order valence-corrected chi connectivity index (χ4v) is 6.05. The smallest absolute Gasteiger partial charge is 0.317 e. The molecule has 1 aromatic heterocycles. The van der Waals surface area contributed by atoms with Crippen molar-refractivity contribution in [2.75, 3.05) is 5.32 Å². The zero-order valence-electron chi connectivity index (χ0n) is 18.2. The lowest BCUT2D eigenvalue weighted by Crippen LogP contribution is -2.15. The van der Waals surface area contributed by atoms with E-state index in [1.54, 1.807) is 11.3 Å². The molecule has 0 saturated heterocycles. The van der Waals surface area contributed by atoms with Crippen LogP contribution in [0.5, 0.6) is 0 Å². The van der Waals surface area contributed by atoms with Crippen LogP contribution in [0.1, 0.15) is 44.6 Å². The van der Waals surface area contributed by atoms with E-state index in [4.69, 9.17) is 0 Å². The summed E-state index contributed by atoms with van der Waals surface area (Å²) in [5.74, 6) is -0.747. The highest BCUT2D eigenvalue weighted by Crippen LogP contribution is 2.35. The molecule has 1 unspecified atom stereocenters. The molecule has 4 aromatic rings. The molecule has 4 rings (SSSR count). The summed E-state index contributed by atoms with van der Waals surface area (Å²) in [5, 5.41) is 15.2. The fourth-order valence-electron chi connectivity index (χ4n) is 3.73. The van der Waals surface area contributed by atoms with Crippen molar-refractivity contribution in [1.29, 1.82) is 0 Å². The summed E-state index contributed by atoms with van der Waals surface area (Å²) < 4.78 is 1.90. The number of hydrogen-bond acceptors (Lipinski definition) is 5. The van der Waals surface area contributed by atoms with Gasteiger partial charge in [0.15, 0.2) is 4.34 Å². The Morgan fingerprint density at radius 3 is 2.72 bits per heavy atom. The van der Waals surface area contributed by atoms with Gasteiger partial charge >= 0.3 is 5.97 Å². The first-order valence-corrected chi connectivity index (χ1v) is 12.8. The van der Waals surface area contributed by atoms with Gasteiger partial charge in [0, 0.05) is 12.2 Å². The number of thiazole rings is 1. The molecule has 0 radical (unpaired) electrons. The minimum absolute atomic E-state index is 0.432. The van der Waals surface area contributed by atoms with Crippen molar-refractivity contribution in [2.45, 2.75) is 55.2 Å². The number of thioether (sulfide) groups is 1. The van der Waals surface area contributed by atoms with E-state index < -0.39 is 11.2 Å². The summed E-state index contributed by atoms with van der Waals surface area (Å²) in [7, 11) is 0. The number of rotatable bonds is 11. The number of carboxylic acid groups (broad SMARTS) is 1. The van der Waals surface area contributed by atoms with Crippen molar-refractivity contribution in [3.8, 4) is 0 Å². The molecule has 3 aromatic carbocycles. The Hall–Kier alpha value is -2.57. The van der Waals surface area contributed by atoms with Crippen molar-refractivity contribution in [3.05, 3.63) is 66.2 Å². The maximum atomic E-state index is 11.7. The number of hydrogen-bond donors (Lipinski definition) is 2. The maximum Gasteiger partial charge on any atom is 0.317 e. The molecule has 4 nitrogen and oxygen atoms in total. The monoisotopic (exact) mass is 464 g/mol. The number of fused-ring (bicyclic) bond motifs is 2. The standard InChI is InChI=1S/C26H28N2O2S2/c1-2-3-4-5-10-23(25(29)30)31-26-28-22-14-13-21(16-24(22)32-26)27-17-18-11-12-19-8-6-7-9-20(19)15-18/h6-9,11-16,23,27H,2-5,10,17H2,1H3,(H,29,30). The van der Waals surface area contributed by atoms with E-state index >= 15 is 0 Å². The van der Waals surface area contributed by atoms with E-state index in [0.717, 1.165) is 52.5 Å². The highest BCUT2D eigenvalue weighted by molar-refractivity contribution is 8.02. The summed E-state index contributed by atoms with van der Waals surface area (Å²) >= 11 is 2.96. The highest BCUT2D eigenvalue weighted by atomic mass is 32.2. The molecule has 6 heteroatoms. The quantitative estimate of drug-likeness (QED) is 0.177. The van der Waals surface area contributed by atoms with E-state index in [1.165, 1.54) is 28.1 Å². The molecule has 1 heterocycles. The second-order valence-electron chi connectivity index (χ2n) is 7.99. The number of benzene rings is 3. The summed E-state index contributed by atoms with van der Waals surface area (Å²) in [6, 6.07) is 21.1. The Kier molecular flexibility index (Phi) is 7.66. The van der Waals surface area contributed by atoms with Gasteiger partial charge in [-0.25, -0.2) is 4.98 Å². The van der Waals surface area contributed by atoms with Gasteiger partial charge in [-0.2, -0.15) is 0 Å². The molecule has 0 bridgehead atoms. The van der Waals surface area contributed by atoms with Crippen LogP contribution in [-0.4, -0.2) is 21.3 Å². The third-order valence-electron chi connectivity index (χ3n) is 5.52. The van der Waals surface area contributed by atoms with Crippen LogP contribution in [0.15, 0.2) is 65.0 Å². The van der Waals surface area contributed by atoms with Crippen LogP contribution in [0.3, 0.4) is 0 Å². The molecule has 0 aliphatic heterocycles. The molecule has 2 N–H and O–H groups in total. The van der Waals surface area contributed by atoms with Crippen molar-refractivity contribution in [3.63, 3.8) is 0 Å². The third kappa shape index (κ3) is 5.81. The van der Waals surface area contributed by atoms with Crippen molar-refractivity contribution in [1.82, 2.24) is 4.98 Å². The molecule has 0 saturated carbocycles. The van der Waals surface area contributed by atoms with Crippen LogP contribution in [0, 0.1) is 0 Å². The molecule has 0 aliphatic rings. The zero-order valence-corrected chi connectivity index (χ0v) is 19.8. The topological polar surface area (TPSA) is 62.2 Å². The number of aromatic nitrogens is 1. The van der Waals surface area contributed by atoms with Gasteiger partial charge in [0.25, 0.3) is 0 Å². The SMILES string of the molecule is CCCCCCC(Sc1nc2ccc(NCc3ccc4ccccc4c3)cc2s1)C(=O)O. The van der Waals surface area contributed by atoms with Crippen molar-refractivity contribution >= 4 is 55.7 Å². The lowest BCUT2D eigenvalue weighted by atomic mass is 10.1. The largest absolute Gasteiger partial charge is 0.480 e. The first-order valence-electron chi connectivity index (χ1n) is 11.1. The Bertz CT molecular complexity index is 1200. The number of aliphatic carboxylic acids is 1. The molecule has 0 amide bonds. The van der Waals surface area contributed by atoms with Crippen LogP contribution in [0.4, 0.5) is 5.69 Å². The number of carbonyl (C=O) groups is 1. The van der Waals surface area contributed by atoms with Gasteiger partial charge in [0.1, 0.15) is 5.25 Å². The lowest BCUT2D eigenvalue weighted by Gasteiger charge is -2.09. The molecule has 166 valence electrons. The van der Waals surface area contributed by atoms with Crippen molar-refractivity contribution in [2.24, 2.45) is 0 Å². The van der Waals surface area contributed by atoms with Gasteiger partial charge in [0.05, 0.1) is 10.2 Å². The Balaban J connectivity index is 1.40. The average Bonchev–Trinajstić information content (AvgIpc) is 3.21. The second kappa shape index (κ2) is 10.8. The van der Waals surface area contributed by atoms with E-state index in [2.05, 4.69) is 65.8 Å². The van der Waals surface area contributed by atoms with Crippen molar-refractivity contribution < 1.29 is 9.90 Å². The molecule has 0 aliphatic carbocycles. The van der Waals surface area contributed by atoms with Crippen LogP contribution in [-0.2, 0) is 11.3 Å². The summed E-state index contributed by atoms with van der Waals surface area (Å²) in [5.41, 5.74) is 3.20. The first kappa shape index (κ1) is 22.6. The minimum atomic E-state index is -0.747.